The van der Waals surface area contributed by atoms with Gasteiger partial charge in [-0.1, -0.05) is 24.6 Å². The molecule has 0 spiro atoms. The van der Waals surface area contributed by atoms with Crippen LogP contribution in [0.1, 0.15) is 49.9 Å². The molecule has 0 saturated carbocycles. The molecule has 1 atom stereocenters. The Bertz CT molecular complexity index is 396. The van der Waals surface area contributed by atoms with Crippen molar-refractivity contribution in [1.29, 1.82) is 0 Å². The number of hydrogen-bond donors (Lipinski definition) is 1. The zero-order valence-electron chi connectivity index (χ0n) is 10.9. The van der Waals surface area contributed by atoms with Crippen molar-refractivity contribution in [3.63, 3.8) is 0 Å². The summed E-state index contributed by atoms with van der Waals surface area (Å²) in [6.07, 6.45) is 9.42. The number of pyridine rings is 1. The summed E-state index contributed by atoms with van der Waals surface area (Å²) >= 11 is 0. The third kappa shape index (κ3) is 2.95. The largest absolute Gasteiger partial charge is 0.307 e. The maximum absolute atomic E-state index is 4.41. The molecular formula is C15H22N2. The van der Waals surface area contributed by atoms with E-state index in [4.69, 9.17) is 0 Å². The van der Waals surface area contributed by atoms with Gasteiger partial charge in [-0.2, -0.15) is 0 Å². The number of allylic oxidation sites excluding steroid dienone is 1. The van der Waals surface area contributed by atoms with Crippen LogP contribution in [0.3, 0.4) is 0 Å². The SMILES string of the molecule is CCNC(C1=CCCCC1)c1cccnc1C. The van der Waals surface area contributed by atoms with E-state index in [1.165, 1.54) is 31.2 Å². The molecule has 2 heteroatoms. The van der Waals surface area contributed by atoms with Gasteiger partial charge in [0.15, 0.2) is 0 Å². The molecule has 1 aromatic heterocycles. The molecule has 1 aliphatic carbocycles. The summed E-state index contributed by atoms with van der Waals surface area (Å²) in [6, 6.07) is 4.61. The van der Waals surface area contributed by atoms with Crippen LogP contribution in [0.25, 0.3) is 0 Å². The molecule has 1 unspecified atom stereocenters. The first-order valence-electron chi connectivity index (χ1n) is 6.66. The lowest BCUT2D eigenvalue weighted by molar-refractivity contribution is 0.560. The highest BCUT2D eigenvalue weighted by Crippen LogP contribution is 2.30. The summed E-state index contributed by atoms with van der Waals surface area (Å²) in [7, 11) is 0. The van der Waals surface area contributed by atoms with Crippen molar-refractivity contribution in [2.75, 3.05) is 6.54 Å². The Balaban J connectivity index is 2.28. The molecule has 0 amide bonds. The van der Waals surface area contributed by atoms with E-state index in [1.54, 1.807) is 5.57 Å². The van der Waals surface area contributed by atoms with Crippen molar-refractivity contribution in [2.24, 2.45) is 0 Å². The van der Waals surface area contributed by atoms with Gasteiger partial charge >= 0.3 is 0 Å². The fourth-order valence-electron chi connectivity index (χ4n) is 2.57. The first-order chi connectivity index (χ1) is 8.33. The smallest absolute Gasteiger partial charge is 0.0553 e. The van der Waals surface area contributed by atoms with E-state index in [0.29, 0.717) is 6.04 Å². The summed E-state index contributed by atoms with van der Waals surface area (Å²) in [6.45, 7) is 5.27. The van der Waals surface area contributed by atoms with Gasteiger partial charge in [-0.05, 0) is 50.8 Å². The third-order valence-corrected chi connectivity index (χ3v) is 3.46. The van der Waals surface area contributed by atoms with Crippen LogP contribution in [0.4, 0.5) is 0 Å². The number of nitrogens with one attached hydrogen (secondary N) is 1. The molecule has 0 saturated heterocycles. The molecular weight excluding hydrogens is 208 g/mol. The molecule has 17 heavy (non-hydrogen) atoms. The molecule has 0 aromatic carbocycles. The predicted molar refractivity (Wildman–Crippen MR) is 71.9 cm³/mol. The van der Waals surface area contributed by atoms with E-state index in [1.807, 2.05) is 12.3 Å². The van der Waals surface area contributed by atoms with Gasteiger partial charge in [-0.3, -0.25) is 4.98 Å². The Hall–Kier alpha value is -1.15. The van der Waals surface area contributed by atoms with Crippen molar-refractivity contribution >= 4 is 0 Å². The lowest BCUT2D eigenvalue weighted by Crippen LogP contribution is -2.24. The Morgan fingerprint density at radius 1 is 1.41 bits per heavy atom. The van der Waals surface area contributed by atoms with Crippen molar-refractivity contribution in [3.8, 4) is 0 Å². The van der Waals surface area contributed by atoms with Gasteiger partial charge in [-0.25, -0.2) is 0 Å². The van der Waals surface area contributed by atoms with Crippen LogP contribution < -0.4 is 5.32 Å². The fourth-order valence-corrected chi connectivity index (χ4v) is 2.57. The highest BCUT2D eigenvalue weighted by atomic mass is 14.9. The van der Waals surface area contributed by atoms with Crippen LogP contribution in [-0.4, -0.2) is 11.5 Å². The van der Waals surface area contributed by atoms with Crippen LogP contribution >= 0.6 is 0 Å². The molecule has 2 rings (SSSR count). The lowest BCUT2D eigenvalue weighted by atomic mass is 9.89. The number of aromatic nitrogens is 1. The fraction of sp³-hybridized carbons (Fsp3) is 0.533. The molecule has 92 valence electrons. The zero-order chi connectivity index (χ0) is 12.1. The number of rotatable bonds is 4. The average Bonchev–Trinajstić information content (AvgIpc) is 2.38. The lowest BCUT2D eigenvalue weighted by Gasteiger charge is -2.25. The second kappa shape index (κ2) is 5.97. The van der Waals surface area contributed by atoms with Crippen molar-refractivity contribution in [3.05, 3.63) is 41.2 Å². The van der Waals surface area contributed by atoms with Crippen LogP contribution in [0.15, 0.2) is 30.0 Å². The number of hydrogen-bond acceptors (Lipinski definition) is 2. The Morgan fingerprint density at radius 3 is 2.94 bits per heavy atom. The van der Waals surface area contributed by atoms with Crippen LogP contribution in [0.2, 0.25) is 0 Å². The minimum Gasteiger partial charge on any atom is -0.307 e. The molecule has 1 N–H and O–H groups in total. The van der Waals surface area contributed by atoms with Crippen LogP contribution in [0, 0.1) is 6.92 Å². The summed E-state index contributed by atoms with van der Waals surface area (Å²) < 4.78 is 0. The molecule has 1 heterocycles. The van der Waals surface area contributed by atoms with Gasteiger partial charge < -0.3 is 5.32 Å². The first-order valence-corrected chi connectivity index (χ1v) is 6.66. The Morgan fingerprint density at radius 2 is 2.29 bits per heavy atom. The molecule has 0 radical (unpaired) electrons. The maximum atomic E-state index is 4.41. The topological polar surface area (TPSA) is 24.9 Å². The van der Waals surface area contributed by atoms with E-state index in [-0.39, 0.29) is 0 Å². The van der Waals surface area contributed by atoms with Gasteiger partial charge in [0.05, 0.1) is 6.04 Å². The number of likely N-dealkylation sites (N-methyl/N-ethyl adjacent to an activating group) is 1. The second-order valence-corrected chi connectivity index (χ2v) is 4.69. The molecule has 0 fully saturated rings. The molecule has 1 aliphatic rings. The maximum Gasteiger partial charge on any atom is 0.0553 e. The van der Waals surface area contributed by atoms with Gasteiger partial charge in [0.25, 0.3) is 0 Å². The van der Waals surface area contributed by atoms with E-state index >= 15 is 0 Å². The highest BCUT2D eigenvalue weighted by Gasteiger charge is 2.18. The standard InChI is InChI=1S/C15H22N2/c1-3-16-15(13-8-5-4-6-9-13)14-10-7-11-17-12(14)2/h7-8,10-11,15-16H,3-6,9H2,1-2H3. The van der Waals surface area contributed by atoms with Gasteiger partial charge in [0.2, 0.25) is 0 Å². The van der Waals surface area contributed by atoms with E-state index in [2.05, 4.69) is 36.3 Å². The third-order valence-electron chi connectivity index (χ3n) is 3.46. The summed E-state index contributed by atoms with van der Waals surface area (Å²) in [5.41, 5.74) is 4.03. The van der Waals surface area contributed by atoms with Crippen LogP contribution in [-0.2, 0) is 0 Å². The minimum absolute atomic E-state index is 0.369. The molecule has 0 aliphatic heterocycles. The van der Waals surface area contributed by atoms with Gasteiger partial charge in [0.1, 0.15) is 0 Å². The molecule has 1 aromatic rings. The van der Waals surface area contributed by atoms with Crippen molar-refractivity contribution < 1.29 is 0 Å². The zero-order valence-corrected chi connectivity index (χ0v) is 10.9. The predicted octanol–water partition coefficient (Wildman–Crippen LogP) is 3.54. The second-order valence-electron chi connectivity index (χ2n) is 4.69. The van der Waals surface area contributed by atoms with Gasteiger partial charge in [0, 0.05) is 11.9 Å². The molecule has 0 bridgehead atoms. The van der Waals surface area contributed by atoms with Crippen molar-refractivity contribution in [1.82, 2.24) is 10.3 Å². The Kier molecular flexibility index (Phi) is 4.32. The van der Waals surface area contributed by atoms with Crippen LogP contribution in [0.5, 0.6) is 0 Å². The summed E-state index contributed by atoms with van der Waals surface area (Å²) in [5, 5.41) is 3.60. The van der Waals surface area contributed by atoms with Gasteiger partial charge in [-0.15, -0.1) is 0 Å². The minimum atomic E-state index is 0.369. The van der Waals surface area contributed by atoms with E-state index < -0.39 is 0 Å². The number of nitrogens with zero attached hydrogens (tertiary/aromatic N) is 1. The van der Waals surface area contributed by atoms with Crippen molar-refractivity contribution in [2.45, 2.75) is 45.6 Å². The number of aryl methyl sites for hydroxylation is 1. The van der Waals surface area contributed by atoms with E-state index in [9.17, 15) is 0 Å². The quantitative estimate of drug-likeness (QED) is 0.800. The Labute approximate surface area is 104 Å². The van der Waals surface area contributed by atoms with E-state index in [0.717, 1.165) is 12.2 Å². The first kappa shape index (κ1) is 12.3. The summed E-state index contributed by atoms with van der Waals surface area (Å²) in [4.78, 5) is 4.41. The average molecular weight is 230 g/mol. The highest BCUT2D eigenvalue weighted by molar-refractivity contribution is 5.31. The monoisotopic (exact) mass is 230 g/mol. The summed E-state index contributed by atoms with van der Waals surface area (Å²) in [5.74, 6) is 0. The normalized spacial score (nSPS) is 17.6. The molecule has 2 nitrogen and oxygen atoms in total.